The number of aromatic hydroxyl groups is 2. The smallest absolute Gasteiger partial charge is 0.175 e. The van der Waals surface area contributed by atoms with Gasteiger partial charge in [-0.3, -0.25) is 4.79 Å². The van der Waals surface area contributed by atoms with Crippen LogP contribution >= 0.6 is 0 Å². The maximum atomic E-state index is 13.5. The average molecular weight is 427 g/mol. The number of carbonyl (C=O) groups excluding carboxylic acids is 1. The van der Waals surface area contributed by atoms with Crippen LogP contribution in [0.15, 0.2) is 48.3 Å². The van der Waals surface area contributed by atoms with E-state index in [9.17, 15) is 20.1 Å². The van der Waals surface area contributed by atoms with Crippen LogP contribution in [0.1, 0.15) is 39.7 Å². The summed E-state index contributed by atoms with van der Waals surface area (Å²) < 4.78 is 12.5. The minimum atomic E-state index is -0.952. The van der Waals surface area contributed by atoms with Gasteiger partial charge in [0.15, 0.2) is 17.3 Å². The first-order chi connectivity index (χ1) is 14.6. The van der Waals surface area contributed by atoms with E-state index in [1.54, 1.807) is 6.07 Å². The van der Waals surface area contributed by atoms with E-state index >= 15 is 0 Å². The molecule has 3 N–H and O–H groups in total. The lowest BCUT2D eigenvalue weighted by atomic mass is 9.63. The second kappa shape index (κ2) is 7.84. The molecule has 6 nitrogen and oxygen atoms in total. The first-order valence-corrected chi connectivity index (χ1v) is 10.7. The third-order valence-corrected chi connectivity index (χ3v) is 6.50. The second-order valence-corrected chi connectivity index (χ2v) is 9.52. The maximum absolute atomic E-state index is 13.5. The van der Waals surface area contributed by atoms with Gasteiger partial charge in [-0.15, -0.1) is 0 Å². The van der Waals surface area contributed by atoms with Gasteiger partial charge in [0, 0.05) is 11.8 Å². The molecule has 6 unspecified atom stereocenters. The molecule has 1 fully saturated rings. The molecule has 0 saturated heterocycles. The normalized spacial score (nSPS) is 33.6. The fraction of sp³-hybridized carbons (Fsp3) is 0.480. The standard InChI is InChI=1S/C25H30O6/c1-13(2)5-7-16-23-15(9-10-25(3,4)31-23)21(28)20-22(29)17(12-30-24(16)20)14-6-8-18(26)19(27)11-14/h5-6,8-12,15-16,20-21,23-24,26-28H,7H2,1-4H3. The molecule has 166 valence electrons. The molecule has 6 atom stereocenters. The zero-order valence-corrected chi connectivity index (χ0v) is 18.3. The zero-order chi connectivity index (χ0) is 22.5. The fourth-order valence-electron chi connectivity index (χ4n) is 4.90. The highest BCUT2D eigenvalue weighted by atomic mass is 16.5. The number of rotatable bonds is 3. The molecule has 2 heterocycles. The third-order valence-electron chi connectivity index (χ3n) is 6.50. The Morgan fingerprint density at radius 3 is 2.58 bits per heavy atom. The topological polar surface area (TPSA) is 96.2 Å². The summed E-state index contributed by atoms with van der Waals surface area (Å²) in [5, 5.41) is 30.7. The predicted molar refractivity (Wildman–Crippen MR) is 116 cm³/mol. The molecule has 6 heteroatoms. The first-order valence-electron chi connectivity index (χ1n) is 10.7. The summed E-state index contributed by atoms with van der Waals surface area (Å²) in [4.78, 5) is 13.5. The largest absolute Gasteiger partial charge is 0.504 e. The molecule has 0 bridgehead atoms. The van der Waals surface area contributed by atoms with E-state index < -0.39 is 23.7 Å². The summed E-state index contributed by atoms with van der Waals surface area (Å²) in [6, 6.07) is 4.20. The Morgan fingerprint density at radius 1 is 1.16 bits per heavy atom. The fourth-order valence-corrected chi connectivity index (χ4v) is 4.90. The number of phenols is 2. The van der Waals surface area contributed by atoms with Gasteiger partial charge in [-0.05, 0) is 51.8 Å². The summed E-state index contributed by atoms with van der Waals surface area (Å²) >= 11 is 0. The molecule has 2 aliphatic heterocycles. The van der Waals surface area contributed by atoms with Crippen LogP contribution in [0.2, 0.25) is 0 Å². The lowest BCUT2D eigenvalue weighted by Crippen LogP contribution is -2.61. The van der Waals surface area contributed by atoms with Gasteiger partial charge in [-0.25, -0.2) is 0 Å². The molecule has 1 aromatic rings. The Kier molecular flexibility index (Phi) is 5.48. The molecule has 0 aromatic heterocycles. The number of Topliss-reactive ketones (excluding diaryl/α,β-unsaturated/α-hetero) is 1. The Labute approximate surface area is 182 Å². The van der Waals surface area contributed by atoms with Gasteiger partial charge in [-0.1, -0.05) is 29.9 Å². The molecule has 1 aliphatic carbocycles. The number of ketones is 1. The zero-order valence-electron chi connectivity index (χ0n) is 18.3. The SMILES string of the molecule is CC(C)=CCC1C2OC(C)(C)C=CC2C(O)C2C(=O)C(c3ccc(O)c(O)c3)=COC12. The van der Waals surface area contributed by atoms with Crippen LogP contribution in [0, 0.1) is 17.8 Å². The van der Waals surface area contributed by atoms with E-state index in [0.29, 0.717) is 12.0 Å². The van der Waals surface area contributed by atoms with E-state index in [2.05, 4.69) is 6.08 Å². The monoisotopic (exact) mass is 426 g/mol. The van der Waals surface area contributed by atoms with Gasteiger partial charge >= 0.3 is 0 Å². The number of carbonyl (C=O) groups is 1. The average Bonchev–Trinajstić information content (AvgIpc) is 2.69. The summed E-state index contributed by atoms with van der Waals surface area (Å²) in [6.07, 6.45) is 6.40. The summed E-state index contributed by atoms with van der Waals surface area (Å²) in [7, 11) is 0. The Morgan fingerprint density at radius 2 is 1.90 bits per heavy atom. The second-order valence-electron chi connectivity index (χ2n) is 9.52. The molecule has 0 amide bonds. The van der Waals surface area contributed by atoms with Crippen LogP contribution in [0.4, 0.5) is 0 Å². The minimum absolute atomic E-state index is 0.104. The molecular weight excluding hydrogens is 396 g/mol. The van der Waals surface area contributed by atoms with Crippen molar-refractivity contribution in [3.05, 3.63) is 53.8 Å². The molecule has 3 aliphatic rings. The number of aliphatic hydroxyl groups excluding tert-OH is 1. The molecule has 0 spiro atoms. The highest BCUT2D eigenvalue weighted by molar-refractivity contribution is 6.22. The lowest BCUT2D eigenvalue weighted by molar-refractivity contribution is -0.194. The number of benzene rings is 1. The lowest BCUT2D eigenvalue weighted by Gasteiger charge is -2.52. The van der Waals surface area contributed by atoms with Crippen LogP contribution < -0.4 is 0 Å². The van der Waals surface area contributed by atoms with E-state index in [1.165, 1.54) is 24.0 Å². The van der Waals surface area contributed by atoms with E-state index in [-0.39, 0.29) is 40.8 Å². The summed E-state index contributed by atoms with van der Waals surface area (Å²) in [5.41, 5.74) is 1.42. The van der Waals surface area contributed by atoms with Crippen molar-refractivity contribution < 1.29 is 29.6 Å². The van der Waals surface area contributed by atoms with Gasteiger partial charge in [-0.2, -0.15) is 0 Å². The van der Waals surface area contributed by atoms with Gasteiger partial charge in [0.1, 0.15) is 6.10 Å². The Hall–Kier alpha value is -2.57. The van der Waals surface area contributed by atoms with E-state index in [1.807, 2.05) is 39.8 Å². The Bertz CT molecular complexity index is 968. The number of hydrogen-bond acceptors (Lipinski definition) is 6. The van der Waals surface area contributed by atoms with Crippen molar-refractivity contribution in [2.75, 3.05) is 0 Å². The summed E-state index contributed by atoms with van der Waals surface area (Å²) in [5.74, 6) is -1.97. The van der Waals surface area contributed by atoms with Gasteiger partial charge in [0.05, 0.1) is 35.6 Å². The van der Waals surface area contributed by atoms with Crippen molar-refractivity contribution in [2.45, 2.75) is 58.0 Å². The van der Waals surface area contributed by atoms with E-state index in [0.717, 1.165) is 0 Å². The molecule has 1 saturated carbocycles. The highest BCUT2D eigenvalue weighted by Gasteiger charge is 2.56. The number of aliphatic hydroxyl groups is 1. The number of fused-ring (bicyclic) bond motifs is 2. The van der Waals surface area contributed by atoms with Crippen molar-refractivity contribution in [2.24, 2.45) is 17.8 Å². The van der Waals surface area contributed by atoms with Crippen molar-refractivity contribution in [1.82, 2.24) is 0 Å². The molecule has 4 rings (SSSR count). The van der Waals surface area contributed by atoms with Crippen molar-refractivity contribution in [3.8, 4) is 11.5 Å². The van der Waals surface area contributed by atoms with Gasteiger partial charge < -0.3 is 24.8 Å². The van der Waals surface area contributed by atoms with Crippen molar-refractivity contribution in [1.29, 1.82) is 0 Å². The summed E-state index contributed by atoms with van der Waals surface area (Å²) in [6.45, 7) is 8.03. The number of ether oxygens (including phenoxy) is 2. The number of hydrogen-bond donors (Lipinski definition) is 3. The van der Waals surface area contributed by atoms with Crippen LogP contribution in [0.5, 0.6) is 11.5 Å². The maximum Gasteiger partial charge on any atom is 0.175 e. The predicted octanol–water partition coefficient (Wildman–Crippen LogP) is 3.72. The van der Waals surface area contributed by atoms with Crippen molar-refractivity contribution in [3.63, 3.8) is 0 Å². The van der Waals surface area contributed by atoms with Crippen LogP contribution in [-0.2, 0) is 14.3 Å². The van der Waals surface area contributed by atoms with Crippen LogP contribution in [0.3, 0.4) is 0 Å². The Balaban J connectivity index is 1.74. The number of phenolic OH excluding ortho intramolecular Hbond substituents is 2. The third kappa shape index (κ3) is 3.90. The number of allylic oxidation sites excluding steroid dienone is 3. The highest BCUT2D eigenvalue weighted by Crippen LogP contribution is 2.48. The van der Waals surface area contributed by atoms with E-state index in [4.69, 9.17) is 9.47 Å². The van der Waals surface area contributed by atoms with Gasteiger partial charge in [0.25, 0.3) is 0 Å². The first kappa shape index (κ1) is 21.7. The molecular formula is C25H30O6. The molecule has 31 heavy (non-hydrogen) atoms. The van der Waals surface area contributed by atoms with Gasteiger partial charge in [0.2, 0.25) is 0 Å². The molecule has 0 radical (unpaired) electrons. The minimum Gasteiger partial charge on any atom is -0.504 e. The van der Waals surface area contributed by atoms with Crippen molar-refractivity contribution >= 4 is 11.4 Å². The molecule has 1 aromatic carbocycles. The quantitative estimate of drug-likeness (QED) is 0.504. The van der Waals surface area contributed by atoms with Crippen LogP contribution in [0.25, 0.3) is 5.57 Å². The van der Waals surface area contributed by atoms with Crippen LogP contribution in [-0.4, -0.2) is 45.0 Å².